The quantitative estimate of drug-likeness (QED) is 0.359. The number of hydrogen-bond donors (Lipinski definition) is 3. The lowest BCUT2D eigenvalue weighted by atomic mass is 10.00. The summed E-state index contributed by atoms with van der Waals surface area (Å²) in [4.78, 5) is 6.84. The van der Waals surface area contributed by atoms with Gasteiger partial charge >= 0.3 is 0 Å². The number of nitrogens with zero attached hydrogens (tertiary/aromatic N) is 2. The van der Waals surface area contributed by atoms with E-state index in [4.69, 9.17) is 0 Å². The van der Waals surface area contributed by atoms with E-state index in [1.54, 1.807) is 0 Å². The summed E-state index contributed by atoms with van der Waals surface area (Å²) in [5.41, 5.74) is 2.76. The molecule has 142 valence electrons. The molecule has 1 aromatic rings. The summed E-state index contributed by atoms with van der Waals surface area (Å²) in [6.45, 7) is 12.1. The SMILES string of the molecule is CCNC(=NCC(O)CN1CCc2ccccc2C1)NC(C)(C)C.I. The number of guanidine groups is 1. The van der Waals surface area contributed by atoms with Gasteiger partial charge < -0.3 is 15.7 Å². The zero-order chi connectivity index (χ0) is 17.6. The Morgan fingerprint density at radius 1 is 1.28 bits per heavy atom. The molecular formula is C19H33IN4O. The number of halogens is 1. The van der Waals surface area contributed by atoms with Crippen LogP contribution in [0, 0.1) is 0 Å². The van der Waals surface area contributed by atoms with Gasteiger partial charge in [-0.05, 0) is 45.2 Å². The summed E-state index contributed by atoms with van der Waals surface area (Å²) in [5.74, 6) is 0.757. The van der Waals surface area contributed by atoms with Gasteiger partial charge in [0, 0.05) is 31.7 Å². The number of fused-ring (bicyclic) bond motifs is 1. The fourth-order valence-electron chi connectivity index (χ4n) is 2.92. The van der Waals surface area contributed by atoms with E-state index in [0.717, 1.165) is 32.0 Å². The van der Waals surface area contributed by atoms with E-state index in [0.29, 0.717) is 13.1 Å². The number of aliphatic hydroxyl groups excluding tert-OH is 1. The molecule has 1 aromatic carbocycles. The van der Waals surface area contributed by atoms with Crippen LogP contribution < -0.4 is 10.6 Å². The molecule has 1 aliphatic rings. The molecule has 0 amide bonds. The predicted molar refractivity (Wildman–Crippen MR) is 116 cm³/mol. The first-order valence-corrected chi connectivity index (χ1v) is 8.91. The van der Waals surface area contributed by atoms with Crippen molar-refractivity contribution in [3.05, 3.63) is 35.4 Å². The van der Waals surface area contributed by atoms with Crippen LogP contribution in [0.2, 0.25) is 0 Å². The summed E-state index contributed by atoms with van der Waals surface area (Å²) in [6, 6.07) is 8.57. The molecule has 0 aromatic heterocycles. The Bertz CT molecular complexity index is 557. The maximum Gasteiger partial charge on any atom is 0.191 e. The van der Waals surface area contributed by atoms with Crippen LogP contribution in [0.1, 0.15) is 38.8 Å². The summed E-state index contributed by atoms with van der Waals surface area (Å²) < 4.78 is 0. The molecule has 1 atom stereocenters. The van der Waals surface area contributed by atoms with E-state index in [2.05, 4.69) is 65.6 Å². The summed E-state index contributed by atoms with van der Waals surface area (Å²) in [5, 5.41) is 16.9. The van der Waals surface area contributed by atoms with E-state index in [9.17, 15) is 5.11 Å². The number of hydrogen-bond acceptors (Lipinski definition) is 3. The third kappa shape index (κ3) is 7.92. The molecule has 0 radical (unpaired) electrons. The lowest BCUT2D eigenvalue weighted by Crippen LogP contribution is -2.48. The summed E-state index contributed by atoms with van der Waals surface area (Å²) >= 11 is 0. The molecule has 0 saturated carbocycles. The van der Waals surface area contributed by atoms with Crippen LogP contribution in [-0.2, 0) is 13.0 Å². The minimum Gasteiger partial charge on any atom is -0.390 e. The van der Waals surface area contributed by atoms with Crippen LogP contribution in [-0.4, -0.2) is 53.8 Å². The first-order chi connectivity index (χ1) is 11.4. The molecular weight excluding hydrogens is 427 g/mol. The van der Waals surface area contributed by atoms with Crippen molar-refractivity contribution in [1.82, 2.24) is 15.5 Å². The van der Waals surface area contributed by atoms with Crippen molar-refractivity contribution in [3.63, 3.8) is 0 Å². The van der Waals surface area contributed by atoms with Gasteiger partial charge in [0.15, 0.2) is 5.96 Å². The van der Waals surface area contributed by atoms with Crippen molar-refractivity contribution >= 4 is 29.9 Å². The molecule has 0 aliphatic carbocycles. The Balaban J connectivity index is 0.00000312. The monoisotopic (exact) mass is 460 g/mol. The standard InChI is InChI=1S/C19H32N4O.HI/c1-5-20-18(22-19(2,3)4)21-12-17(24)14-23-11-10-15-8-6-7-9-16(15)13-23;/h6-9,17,24H,5,10-14H2,1-4H3,(H2,20,21,22);1H. The smallest absolute Gasteiger partial charge is 0.191 e. The maximum atomic E-state index is 10.4. The van der Waals surface area contributed by atoms with Crippen LogP contribution >= 0.6 is 24.0 Å². The first kappa shape index (κ1) is 22.2. The third-order valence-electron chi connectivity index (χ3n) is 3.98. The maximum absolute atomic E-state index is 10.4. The lowest BCUT2D eigenvalue weighted by molar-refractivity contribution is 0.111. The van der Waals surface area contributed by atoms with Crippen molar-refractivity contribution in [2.75, 3.05) is 26.2 Å². The van der Waals surface area contributed by atoms with Gasteiger partial charge in [0.2, 0.25) is 0 Å². The van der Waals surface area contributed by atoms with Gasteiger partial charge in [-0.15, -0.1) is 24.0 Å². The highest BCUT2D eigenvalue weighted by atomic mass is 127. The normalized spacial score (nSPS) is 16.6. The van der Waals surface area contributed by atoms with E-state index in [1.165, 1.54) is 11.1 Å². The Labute approximate surface area is 169 Å². The van der Waals surface area contributed by atoms with Crippen LogP contribution in [0.5, 0.6) is 0 Å². The van der Waals surface area contributed by atoms with Crippen molar-refractivity contribution in [3.8, 4) is 0 Å². The molecule has 1 unspecified atom stereocenters. The number of aliphatic hydroxyl groups is 1. The average Bonchev–Trinajstić information content (AvgIpc) is 2.51. The Morgan fingerprint density at radius 2 is 1.96 bits per heavy atom. The summed E-state index contributed by atoms with van der Waals surface area (Å²) in [6.07, 6.45) is 0.603. The van der Waals surface area contributed by atoms with Gasteiger partial charge in [0.1, 0.15) is 0 Å². The number of β-amino-alcohol motifs (C(OH)–C–C–N with tert-alkyl or cyclic N) is 1. The van der Waals surface area contributed by atoms with Crippen molar-refractivity contribution < 1.29 is 5.11 Å². The molecule has 0 bridgehead atoms. The van der Waals surface area contributed by atoms with E-state index >= 15 is 0 Å². The Morgan fingerprint density at radius 3 is 2.60 bits per heavy atom. The summed E-state index contributed by atoms with van der Waals surface area (Å²) in [7, 11) is 0. The predicted octanol–water partition coefficient (Wildman–Crippen LogP) is 2.38. The highest BCUT2D eigenvalue weighted by Crippen LogP contribution is 2.18. The second-order valence-electron chi connectivity index (χ2n) is 7.50. The molecule has 3 N–H and O–H groups in total. The molecule has 5 nitrogen and oxygen atoms in total. The fraction of sp³-hybridized carbons (Fsp3) is 0.632. The minimum atomic E-state index is -0.453. The molecule has 0 saturated heterocycles. The molecule has 2 rings (SSSR count). The molecule has 1 heterocycles. The van der Waals surface area contributed by atoms with Crippen molar-refractivity contribution in [2.24, 2.45) is 4.99 Å². The molecule has 0 fully saturated rings. The Hall–Kier alpha value is -0.860. The van der Waals surface area contributed by atoms with Crippen LogP contribution in [0.3, 0.4) is 0 Å². The van der Waals surface area contributed by atoms with Crippen LogP contribution in [0.4, 0.5) is 0 Å². The average molecular weight is 460 g/mol. The highest BCUT2D eigenvalue weighted by Gasteiger charge is 2.18. The van der Waals surface area contributed by atoms with E-state index in [1.807, 2.05) is 6.92 Å². The number of nitrogens with one attached hydrogen (secondary N) is 2. The van der Waals surface area contributed by atoms with Crippen LogP contribution in [0.15, 0.2) is 29.3 Å². The topological polar surface area (TPSA) is 59.9 Å². The number of aliphatic imine (C=N–C) groups is 1. The highest BCUT2D eigenvalue weighted by molar-refractivity contribution is 14.0. The molecule has 6 heteroatoms. The number of benzene rings is 1. The molecule has 0 spiro atoms. The lowest BCUT2D eigenvalue weighted by Gasteiger charge is -2.30. The van der Waals surface area contributed by atoms with Gasteiger partial charge in [-0.2, -0.15) is 0 Å². The van der Waals surface area contributed by atoms with E-state index < -0.39 is 6.10 Å². The van der Waals surface area contributed by atoms with E-state index in [-0.39, 0.29) is 29.5 Å². The number of rotatable bonds is 5. The minimum absolute atomic E-state index is 0. The largest absolute Gasteiger partial charge is 0.390 e. The third-order valence-corrected chi connectivity index (χ3v) is 3.98. The second kappa shape index (κ2) is 10.3. The van der Waals surface area contributed by atoms with Gasteiger partial charge in [-0.3, -0.25) is 9.89 Å². The van der Waals surface area contributed by atoms with Crippen LogP contribution in [0.25, 0.3) is 0 Å². The molecule has 25 heavy (non-hydrogen) atoms. The Kier molecular flexibility index (Phi) is 9.16. The first-order valence-electron chi connectivity index (χ1n) is 8.91. The zero-order valence-corrected chi connectivity index (χ0v) is 18.2. The van der Waals surface area contributed by atoms with Gasteiger partial charge in [-0.25, -0.2) is 0 Å². The molecule has 1 aliphatic heterocycles. The van der Waals surface area contributed by atoms with Gasteiger partial charge in [-0.1, -0.05) is 24.3 Å². The van der Waals surface area contributed by atoms with Crippen molar-refractivity contribution in [1.29, 1.82) is 0 Å². The fourth-order valence-corrected chi connectivity index (χ4v) is 2.92. The second-order valence-corrected chi connectivity index (χ2v) is 7.50. The van der Waals surface area contributed by atoms with Gasteiger partial charge in [0.05, 0.1) is 12.6 Å². The van der Waals surface area contributed by atoms with Gasteiger partial charge in [0.25, 0.3) is 0 Å². The van der Waals surface area contributed by atoms with Crippen molar-refractivity contribution in [2.45, 2.75) is 52.3 Å². The zero-order valence-electron chi connectivity index (χ0n) is 15.9.